The summed E-state index contributed by atoms with van der Waals surface area (Å²) in [6.07, 6.45) is -0.830. The molecule has 0 bridgehead atoms. The predicted octanol–water partition coefficient (Wildman–Crippen LogP) is 1.09. The predicted molar refractivity (Wildman–Crippen MR) is 46.1 cm³/mol. The molecule has 0 aromatic heterocycles. The van der Waals surface area contributed by atoms with Crippen molar-refractivity contribution in [3.8, 4) is 0 Å². The summed E-state index contributed by atoms with van der Waals surface area (Å²) < 4.78 is 15.6. The van der Waals surface area contributed by atoms with Crippen LogP contribution in [0.3, 0.4) is 0 Å². The summed E-state index contributed by atoms with van der Waals surface area (Å²) in [7, 11) is 0. The molecule has 2 atom stereocenters. The Morgan fingerprint density at radius 2 is 2.08 bits per heavy atom. The molecule has 1 fully saturated rings. The maximum Gasteiger partial charge on any atom is 0.338 e. The molecule has 1 aliphatic heterocycles. The number of hydrogen-bond donors (Lipinski definition) is 0. The number of ether oxygens (including phenoxy) is 3. The van der Waals surface area contributed by atoms with Crippen LogP contribution in [0, 0.1) is 0 Å². The van der Waals surface area contributed by atoms with E-state index in [1.165, 1.54) is 0 Å². The molecule has 76 valence electrons. The molecule has 1 rings (SSSR count). The molecular weight excluding hydrogens is 172 g/mol. The van der Waals surface area contributed by atoms with Crippen LogP contribution in [-0.4, -0.2) is 30.6 Å². The first-order valence-electron chi connectivity index (χ1n) is 4.48. The Morgan fingerprint density at radius 3 is 2.46 bits per heavy atom. The van der Waals surface area contributed by atoms with Crippen molar-refractivity contribution in [1.82, 2.24) is 0 Å². The minimum atomic E-state index is -0.684. The summed E-state index contributed by atoms with van der Waals surface area (Å²) >= 11 is 0. The summed E-state index contributed by atoms with van der Waals surface area (Å²) in [5, 5.41) is 0. The van der Waals surface area contributed by atoms with Gasteiger partial charge < -0.3 is 14.2 Å². The van der Waals surface area contributed by atoms with Crippen LogP contribution in [0.1, 0.15) is 27.7 Å². The van der Waals surface area contributed by atoms with Gasteiger partial charge in [-0.3, -0.25) is 0 Å². The van der Waals surface area contributed by atoms with Gasteiger partial charge in [0, 0.05) is 0 Å². The molecule has 13 heavy (non-hydrogen) atoms. The zero-order chi connectivity index (χ0) is 10.1. The van der Waals surface area contributed by atoms with Crippen molar-refractivity contribution >= 4 is 5.97 Å². The van der Waals surface area contributed by atoms with E-state index in [2.05, 4.69) is 0 Å². The lowest BCUT2D eigenvalue weighted by atomic mass is 10.2. The lowest BCUT2D eigenvalue weighted by Gasteiger charge is -2.16. The molecule has 0 aromatic carbocycles. The first kappa shape index (κ1) is 10.5. The average molecular weight is 188 g/mol. The minimum absolute atomic E-state index is 0.242. The van der Waals surface area contributed by atoms with E-state index in [1.54, 1.807) is 27.7 Å². The van der Waals surface area contributed by atoms with Gasteiger partial charge >= 0.3 is 5.97 Å². The van der Waals surface area contributed by atoms with Gasteiger partial charge in [-0.15, -0.1) is 0 Å². The highest BCUT2D eigenvalue weighted by Crippen LogP contribution is 2.28. The highest BCUT2D eigenvalue weighted by Gasteiger charge is 2.43. The third-order valence-corrected chi connectivity index (χ3v) is 1.83. The van der Waals surface area contributed by atoms with Gasteiger partial charge in [-0.05, 0) is 27.7 Å². The second kappa shape index (κ2) is 3.64. The normalized spacial score (nSPS) is 31.7. The summed E-state index contributed by atoms with van der Waals surface area (Å²) in [5.74, 6) is -1.03. The van der Waals surface area contributed by atoms with E-state index in [0.717, 1.165) is 0 Å². The van der Waals surface area contributed by atoms with E-state index >= 15 is 0 Å². The first-order valence-corrected chi connectivity index (χ1v) is 4.48. The van der Waals surface area contributed by atoms with Crippen LogP contribution in [0.2, 0.25) is 0 Å². The smallest absolute Gasteiger partial charge is 0.338 e. The summed E-state index contributed by atoms with van der Waals surface area (Å²) in [6.45, 7) is 7.50. The topological polar surface area (TPSA) is 44.8 Å². The maximum absolute atomic E-state index is 11.3. The number of rotatable bonds is 2. The van der Waals surface area contributed by atoms with E-state index < -0.39 is 11.9 Å². The van der Waals surface area contributed by atoms with Crippen LogP contribution >= 0.6 is 0 Å². The molecule has 0 unspecified atom stereocenters. The van der Waals surface area contributed by atoms with Gasteiger partial charge in [0.15, 0.2) is 11.9 Å². The van der Waals surface area contributed by atoms with E-state index in [-0.39, 0.29) is 12.1 Å². The first-order chi connectivity index (χ1) is 5.96. The molecule has 0 saturated carbocycles. The Kier molecular flexibility index (Phi) is 2.93. The largest absolute Gasteiger partial charge is 0.464 e. The molecular formula is C9H16O4. The zero-order valence-electron chi connectivity index (χ0n) is 8.49. The molecule has 0 amide bonds. The van der Waals surface area contributed by atoms with Crippen LogP contribution in [0.15, 0.2) is 0 Å². The van der Waals surface area contributed by atoms with Crippen LogP contribution in [0.4, 0.5) is 0 Å². The SMILES string of the molecule is CCOC(=O)[C@@H]1OC(C)(C)O[C@H]1C. The molecule has 4 heteroatoms. The van der Waals surface area contributed by atoms with Crippen molar-refractivity contribution in [1.29, 1.82) is 0 Å². The van der Waals surface area contributed by atoms with Gasteiger partial charge in [-0.25, -0.2) is 4.79 Å². The van der Waals surface area contributed by atoms with Gasteiger partial charge in [0.25, 0.3) is 0 Å². The lowest BCUT2D eigenvalue weighted by molar-refractivity contribution is -0.169. The van der Waals surface area contributed by atoms with Crippen LogP contribution < -0.4 is 0 Å². The molecule has 4 nitrogen and oxygen atoms in total. The average Bonchev–Trinajstić information content (AvgIpc) is 2.25. The molecule has 1 heterocycles. The van der Waals surface area contributed by atoms with Crippen molar-refractivity contribution in [3.63, 3.8) is 0 Å². The van der Waals surface area contributed by atoms with Gasteiger partial charge in [0.2, 0.25) is 0 Å². The van der Waals surface area contributed by atoms with Crippen molar-refractivity contribution in [2.75, 3.05) is 6.61 Å². The molecule has 1 saturated heterocycles. The summed E-state index contributed by atoms with van der Waals surface area (Å²) in [5.41, 5.74) is 0. The third-order valence-electron chi connectivity index (χ3n) is 1.83. The highest BCUT2D eigenvalue weighted by molar-refractivity contribution is 5.75. The van der Waals surface area contributed by atoms with Crippen molar-refractivity contribution in [2.45, 2.75) is 45.7 Å². The Morgan fingerprint density at radius 1 is 1.46 bits per heavy atom. The van der Waals surface area contributed by atoms with Crippen molar-refractivity contribution in [2.24, 2.45) is 0 Å². The Hall–Kier alpha value is -0.610. The lowest BCUT2D eigenvalue weighted by Crippen LogP contribution is -2.31. The number of esters is 1. The Labute approximate surface area is 78.2 Å². The standard InChI is InChI=1S/C9H16O4/c1-5-11-8(10)7-6(2)12-9(3,4)13-7/h6-7H,5H2,1-4H3/t6-,7+/m0/s1. The fraction of sp³-hybridized carbons (Fsp3) is 0.889. The van der Waals surface area contributed by atoms with E-state index in [1.807, 2.05) is 0 Å². The second-order valence-corrected chi connectivity index (χ2v) is 3.51. The van der Waals surface area contributed by atoms with Crippen LogP contribution in [0.5, 0.6) is 0 Å². The number of carbonyl (C=O) groups excluding carboxylic acids is 1. The van der Waals surface area contributed by atoms with E-state index in [0.29, 0.717) is 6.61 Å². The summed E-state index contributed by atoms with van der Waals surface area (Å²) in [4.78, 5) is 11.3. The number of hydrogen-bond acceptors (Lipinski definition) is 4. The highest BCUT2D eigenvalue weighted by atomic mass is 16.8. The monoisotopic (exact) mass is 188 g/mol. The van der Waals surface area contributed by atoms with Gasteiger partial charge in [-0.1, -0.05) is 0 Å². The molecule has 0 radical (unpaired) electrons. The van der Waals surface area contributed by atoms with Crippen molar-refractivity contribution in [3.05, 3.63) is 0 Å². The Bertz CT molecular complexity index is 200. The number of carbonyl (C=O) groups is 1. The van der Waals surface area contributed by atoms with Crippen LogP contribution in [-0.2, 0) is 19.0 Å². The second-order valence-electron chi connectivity index (χ2n) is 3.51. The van der Waals surface area contributed by atoms with Gasteiger partial charge in [0.1, 0.15) is 0 Å². The molecule has 0 aliphatic carbocycles. The Balaban J connectivity index is 2.57. The molecule has 0 aromatic rings. The molecule has 1 aliphatic rings. The maximum atomic E-state index is 11.3. The van der Waals surface area contributed by atoms with Crippen molar-refractivity contribution < 1.29 is 19.0 Å². The van der Waals surface area contributed by atoms with Gasteiger partial charge in [-0.2, -0.15) is 0 Å². The fourth-order valence-electron chi connectivity index (χ4n) is 1.40. The third kappa shape index (κ3) is 2.42. The fourth-order valence-corrected chi connectivity index (χ4v) is 1.40. The van der Waals surface area contributed by atoms with E-state index in [4.69, 9.17) is 14.2 Å². The van der Waals surface area contributed by atoms with Gasteiger partial charge in [0.05, 0.1) is 12.7 Å². The molecule has 0 spiro atoms. The van der Waals surface area contributed by atoms with Crippen LogP contribution in [0.25, 0.3) is 0 Å². The quantitative estimate of drug-likeness (QED) is 0.608. The zero-order valence-corrected chi connectivity index (χ0v) is 8.49. The minimum Gasteiger partial charge on any atom is -0.464 e. The van der Waals surface area contributed by atoms with E-state index in [9.17, 15) is 4.79 Å². The molecule has 0 N–H and O–H groups in total. The summed E-state index contributed by atoms with van der Waals surface area (Å²) in [6, 6.07) is 0.